The molecule has 2 aromatic heterocycles. The van der Waals surface area contributed by atoms with Gasteiger partial charge in [0.15, 0.2) is 0 Å². The lowest BCUT2D eigenvalue weighted by Crippen LogP contribution is -1.99. The van der Waals surface area contributed by atoms with Crippen LogP contribution < -0.4 is 5.32 Å². The number of aromatic nitrogens is 3. The monoisotopic (exact) mass is 284 g/mol. The molecule has 0 saturated carbocycles. The summed E-state index contributed by atoms with van der Waals surface area (Å²) in [5.41, 5.74) is 3.62. The van der Waals surface area contributed by atoms with Crippen LogP contribution in [0.1, 0.15) is 11.3 Å². The summed E-state index contributed by atoms with van der Waals surface area (Å²) in [5, 5.41) is 4.82. The van der Waals surface area contributed by atoms with Crippen LogP contribution in [0.3, 0.4) is 0 Å². The van der Waals surface area contributed by atoms with Gasteiger partial charge in [0.05, 0.1) is 11.2 Å². The predicted octanol–water partition coefficient (Wildman–Crippen LogP) is 4.04. The molecule has 0 amide bonds. The van der Waals surface area contributed by atoms with Crippen LogP contribution in [0.25, 0.3) is 10.9 Å². The SMILES string of the molecule is Cc1ccc2cccc(Nc3ncnc(Cl)c3C)c2n1. The third-order valence-corrected chi connectivity index (χ3v) is 3.52. The van der Waals surface area contributed by atoms with Crippen LogP contribution in [0.5, 0.6) is 0 Å². The average molecular weight is 285 g/mol. The molecule has 0 unspecified atom stereocenters. The number of rotatable bonds is 2. The molecule has 100 valence electrons. The zero-order valence-corrected chi connectivity index (χ0v) is 11.9. The van der Waals surface area contributed by atoms with Crippen LogP contribution in [0.2, 0.25) is 5.15 Å². The maximum absolute atomic E-state index is 6.02. The molecule has 0 saturated heterocycles. The van der Waals surface area contributed by atoms with Crippen molar-refractivity contribution in [3.05, 3.63) is 53.1 Å². The number of nitrogens with one attached hydrogen (secondary N) is 1. The molecule has 0 aliphatic carbocycles. The molecule has 1 aromatic carbocycles. The Morgan fingerprint density at radius 3 is 2.75 bits per heavy atom. The number of nitrogens with zero attached hydrogens (tertiary/aromatic N) is 3. The van der Waals surface area contributed by atoms with Crippen molar-refractivity contribution in [2.75, 3.05) is 5.32 Å². The number of aryl methyl sites for hydroxylation is 1. The zero-order chi connectivity index (χ0) is 14.1. The Bertz CT molecular complexity index is 786. The molecule has 1 N–H and O–H groups in total. The molecule has 3 aromatic rings. The summed E-state index contributed by atoms with van der Waals surface area (Å²) in [6, 6.07) is 10.1. The quantitative estimate of drug-likeness (QED) is 0.722. The highest BCUT2D eigenvalue weighted by molar-refractivity contribution is 6.30. The second kappa shape index (κ2) is 5.06. The second-order valence-corrected chi connectivity index (χ2v) is 4.95. The summed E-state index contributed by atoms with van der Waals surface area (Å²) >= 11 is 6.02. The van der Waals surface area contributed by atoms with Crippen molar-refractivity contribution in [2.24, 2.45) is 0 Å². The fourth-order valence-corrected chi connectivity index (χ4v) is 2.16. The van der Waals surface area contributed by atoms with Crippen LogP contribution in [0.4, 0.5) is 11.5 Å². The van der Waals surface area contributed by atoms with Gasteiger partial charge in [-0.25, -0.2) is 9.97 Å². The fourth-order valence-electron chi connectivity index (χ4n) is 2.03. The van der Waals surface area contributed by atoms with Crippen LogP contribution in [0, 0.1) is 13.8 Å². The Morgan fingerprint density at radius 1 is 1.05 bits per heavy atom. The first-order chi connectivity index (χ1) is 9.65. The van der Waals surface area contributed by atoms with E-state index in [1.165, 1.54) is 6.33 Å². The predicted molar refractivity (Wildman–Crippen MR) is 81.5 cm³/mol. The average Bonchev–Trinajstić information content (AvgIpc) is 2.44. The van der Waals surface area contributed by atoms with Gasteiger partial charge >= 0.3 is 0 Å². The summed E-state index contributed by atoms with van der Waals surface area (Å²) in [4.78, 5) is 12.8. The van der Waals surface area contributed by atoms with Crippen molar-refractivity contribution in [3.8, 4) is 0 Å². The lowest BCUT2D eigenvalue weighted by Gasteiger charge is -2.11. The van der Waals surface area contributed by atoms with E-state index >= 15 is 0 Å². The molecule has 5 heteroatoms. The van der Waals surface area contributed by atoms with E-state index in [0.717, 1.165) is 27.8 Å². The summed E-state index contributed by atoms with van der Waals surface area (Å²) in [7, 11) is 0. The summed E-state index contributed by atoms with van der Waals surface area (Å²) in [6.07, 6.45) is 1.45. The van der Waals surface area contributed by atoms with E-state index < -0.39 is 0 Å². The minimum atomic E-state index is 0.451. The van der Waals surface area contributed by atoms with E-state index in [2.05, 4.69) is 26.3 Å². The van der Waals surface area contributed by atoms with E-state index in [-0.39, 0.29) is 0 Å². The lowest BCUT2D eigenvalue weighted by atomic mass is 10.1. The van der Waals surface area contributed by atoms with Gasteiger partial charge in [0.2, 0.25) is 0 Å². The minimum Gasteiger partial charge on any atom is -0.338 e. The van der Waals surface area contributed by atoms with Crippen LogP contribution in [-0.2, 0) is 0 Å². The molecule has 2 heterocycles. The third-order valence-electron chi connectivity index (χ3n) is 3.14. The number of anilines is 2. The number of hydrogen-bond donors (Lipinski definition) is 1. The highest BCUT2D eigenvalue weighted by atomic mass is 35.5. The highest BCUT2D eigenvalue weighted by Gasteiger charge is 2.08. The number of para-hydroxylation sites is 1. The van der Waals surface area contributed by atoms with E-state index in [0.29, 0.717) is 11.0 Å². The van der Waals surface area contributed by atoms with Gasteiger partial charge in [-0.3, -0.25) is 4.98 Å². The second-order valence-electron chi connectivity index (χ2n) is 4.59. The summed E-state index contributed by atoms with van der Waals surface area (Å²) < 4.78 is 0. The molecule has 0 aliphatic heterocycles. The first kappa shape index (κ1) is 12.8. The van der Waals surface area contributed by atoms with Crippen molar-refractivity contribution in [1.29, 1.82) is 0 Å². The molecule has 0 fully saturated rings. The molecule has 20 heavy (non-hydrogen) atoms. The van der Waals surface area contributed by atoms with Gasteiger partial charge in [0.25, 0.3) is 0 Å². The lowest BCUT2D eigenvalue weighted by molar-refractivity contribution is 1.13. The van der Waals surface area contributed by atoms with E-state index in [9.17, 15) is 0 Å². The van der Waals surface area contributed by atoms with Crippen LogP contribution in [0.15, 0.2) is 36.7 Å². The van der Waals surface area contributed by atoms with Gasteiger partial charge in [-0.2, -0.15) is 0 Å². The Labute approximate surface area is 121 Å². The molecule has 0 spiro atoms. The van der Waals surface area contributed by atoms with Crippen molar-refractivity contribution in [2.45, 2.75) is 13.8 Å². The molecular formula is C15H13ClN4. The van der Waals surface area contributed by atoms with Crippen LogP contribution >= 0.6 is 11.6 Å². The van der Waals surface area contributed by atoms with Gasteiger partial charge in [0, 0.05) is 16.6 Å². The standard InChI is InChI=1S/C15H13ClN4/c1-9-6-7-11-4-3-5-12(13(11)19-9)20-15-10(2)14(16)17-8-18-15/h3-8H,1-2H3,(H,17,18,20). The van der Waals surface area contributed by atoms with Gasteiger partial charge in [-0.05, 0) is 26.0 Å². The zero-order valence-electron chi connectivity index (χ0n) is 11.2. The first-order valence-electron chi connectivity index (χ1n) is 6.25. The van der Waals surface area contributed by atoms with Crippen LogP contribution in [-0.4, -0.2) is 15.0 Å². The van der Waals surface area contributed by atoms with Crippen molar-refractivity contribution >= 4 is 34.0 Å². The topological polar surface area (TPSA) is 50.7 Å². The number of halogens is 1. The number of fused-ring (bicyclic) bond motifs is 1. The van der Waals surface area contributed by atoms with Gasteiger partial charge in [-0.15, -0.1) is 0 Å². The molecule has 0 bridgehead atoms. The molecular weight excluding hydrogens is 272 g/mol. The van der Waals surface area contributed by atoms with Gasteiger partial charge in [0.1, 0.15) is 17.3 Å². The maximum atomic E-state index is 6.02. The Hall–Kier alpha value is -2.20. The number of pyridine rings is 1. The normalized spacial score (nSPS) is 10.8. The van der Waals surface area contributed by atoms with Crippen molar-refractivity contribution in [3.63, 3.8) is 0 Å². The summed E-state index contributed by atoms with van der Waals surface area (Å²) in [5.74, 6) is 0.695. The Morgan fingerprint density at radius 2 is 1.90 bits per heavy atom. The Kier molecular flexibility index (Phi) is 3.24. The molecule has 4 nitrogen and oxygen atoms in total. The molecule has 0 atom stereocenters. The molecule has 0 aliphatic rings. The van der Waals surface area contributed by atoms with E-state index in [1.807, 2.05) is 38.1 Å². The molecule has 0 radical (unpaired) electrons. The molecule has 3 rings (SSSR count). The van der Waals surface area contributed by atoms with Gasteiger partial charge < -0.3 is 5.32 Å². The van der Waals surface area contributed by atoms with Gasteiger partial charge in [-0.1, -0.05) is 29.8 Å². The number of benzene rings is 1. The van der Waals surface area contributed by atoms with E-state index in [4.69, 9.17) is 11.6 Å². The largest absolute Gasteiger partial charge is 0.338 e. The minimum absolute atomic E-state index is 0.451. The smallest absolute Gasteiger partial charge is 0.138 e. The van der Waals surface area contributed by atoms with Crippen molar-refractivity contribution < 1.29 is 0 Å². The number of hydrogen-bond acceptors (Lipinski definition) is 4. The summed E-state index contributed by atoms with van der Waals surface area (Å²) in [6.45, 7) is 3.86. The highest BCUT2D eigenvalue weighted by Crippen LogP contribution is 2.27. The third kappa shape index (κ3) is 2.30. The maximum Gasteiger partial charge on any atom is 0.138 e. The van der Waals surface area contributed by atoms with Crippen molar-refractivity contribution in [1.82, 2.24) is 15.0 Å². The first-order valence-corrected chi connectivity index (χ1v) is 6.63. The Balaban J connectivity index is 2.11. The van der Waals surface area contributed by atoms with E-state index in [1.54, 1.807) is 0 Å². The fraction of sp³-hybridized carbons (Fsp3) is 0.133.